The molecule has 0 saturated heterocycles. The van der Waals surface area contributed by atoms with Crippen molar-refractivity contribution in [3.63, 3.8) is 0 Å². The molecule has 1 atom stereocenters. The second kappa shape index (κ2) is 4.17. The van der Waals surface area contributed by atoms with Gasteiger partial charge >= 0.3 is 0 Å². The SMILES string of the molecule is CC(C)(C)Cc1noc(CC(N)C2CC2)n1. The zero-order valence-corrected chi connectivity index (χ0v) is 10.4. The predicted molar refractivity (Wildman–Crippen MR) is 61.9 cm³/mol. The Labute approximate surface area is 96.6 Å². The van der Waals surface area contributed by atoms with Gasteiger partial charge in [-0.1, -0.05) is 25.9 Å². The van der Waals surface area contributed by atoms with Crippen LogP contribution in [-0.2, 0) is 12.8 Å². The lowest BCUT2D eigenvalue weighted by molar-refractivity contribution is 0.346. The summed E-state index contributed by atoms with van der Waals surface area (Å²) in [6.07, 6.45) is 4.07. The van der Waals surface area contributed by atoms with Gasteiger partial charge in [0.05, 0.1) is 0 Å². The van der Waals surface area contributed by atoms with Crippen molar-refractivity contribution >= 4 is 0 Å². The lowest BCUT2D eigenvalue weighted by atomic mass is 9.92. The first kappa shape index (κ1) is 11.6. The molecule has 4 nitrogen and oxygen atoms in total. The minimum absolute atomic E-state index is 0.194. The van der Waals surface area contributed by atoms with E-state index in [0.29, 0.717) is 11.8 Å². The zero-order valence-electron chi connectivity index (χ0n) is 10.4. The van der Waals surface area contributed by atoms with E-state index >= 15 is 0 Å². The molecule has 0 bridgehead atoms. The summed E-state index contributed by atoms with van der Waals surface area (Å²) >= 11 is 0. The van der Waals surface area contributed by atoms with E-state index < -0.39 is 0 Å². The van der Waals surface area contributed by atoms with Crippen molar-refractivity contribution in [3.8, 4) is 0 Å². The van der Waals surface area contributed by atoms with Gasteiger partial charge in [-0.3, -0.25) is 0 Å². The second-order valence-corrected chi connectivity index (χ2v) is 6.05. The summed E-state index contributed by atoms with van der Waals surface area (Å²) in [7, 11) is 0. The van der Waals surface area contributed by atoms with Crippen molar-refractivity contribution in [2.45, 2.75) is 52.5 Å². The molecule has 90 valence electrons. The van der Waals surface area contributed by atoms with Crippen LogP contribution in [0.25, 0.3) is 0 Å². The first-order chi connectivity index (χ1) is 7.44. The van der Waals surface area contributed by atoms with Crippen LogP contribution in [0.5, 0.6) is 0 Å². The van der Waals surface area contributed by atoms with Gasteiger partial charge in [0.15, 0.2) is 5.82 Å². The van der Waals surface area contributed by atoms with E-state index in [-0.39, 0.29) is 11.5 Å². The van der Waals surface area contributed by atoms with Crippen LogP contribution < -0.4 is 5.73 Å². The Hall–Kier alpha value is -0.900. The lowest BCUT2D eigenvalue weighted by Gasteiger charge is -2.14. The first-order valence-corrected chi connectivity index (χ1v) is 6.01. The highest BCUT2D eigenvalue weighted by Crippen LogP contribution is 2.32. The molecular weight excluding hydrogens is 202 g/mol. The molecule has 1 unspecified atom stereocenters. The van der Waals surface area contributed by atoms with E-state index in [9.17, 15) is 0 Å². The van der Waals surface area contributed by atoms with Gasteiger partial charge in [0.2, 0.25) is 5.89 Å². The third kappa shape index (κ3) is 3.30. The summed E-state index contributed by atoms with van der Waals surface area (Å²) in [5.74, 6) is 2.17. The van der Waals surface area contributed by atoms with Crippen LogP contribution in [0.15, 0.2) is 4.52 Å². The Morgan fingerprint density at radius 3 is 2.69 bits per heavy atom. The Morgan fingerprint density at radius 1 is 1.44 bits per heavy atom. The van der Waals surface area contributed by atoms with Crippen molar-refractivity contribution in [2.24, 2.45) is 17.1 Å². The van der Waals surface area contributed by atoms with E-state index in [1.165, 1.54) is 12.8 Å². The van der Waals surface area contributed by atoms with E-state index in [1.807, 2.05) is 0 Å². The number of nitrogens with zero attached hydrogens (tertiary/aromatic N) is 2. The van der Waals surface area contributed by atoms with E-state index in [4.69, 9.17) is 10.3 Å². The smallest absolute Gasteiger partial charge is 0.228 e. The normalized spacial score (nSPS) is 18.8. The van der Waals surface area contributed by atoms with Gasteiger partial charge < -0.3 is 10.3 Å². The lowest BCUT2D eigenvalue weighted by Crippen LogP contribution is -2.25. The van der Waals surface area contributed by atoms with Gasteiger partial charge in [0, 0.05) is 18.9 Å². The van der Waals surface area contributed by atoms with Crippen molar-refractivity contribution < 1.29 is 4.52 Å². The van der Waals surface area contributed by atoms with Crippen LogP contribution in [0.2, 0.25) is 0 Å². The van der Waals surface area contributed by atoms with Gasteiger partial charge in [-0.05, 0) is 24.2 Å². The minimum atomic E-state index is 0.194. The number of rotatable bonds is 4. The van der Waals surface area contributed by atoms with Gasteiger partial charge in [-0.15, -0.1) is 0 Å². The molecule has 1 aliphatic carbocycles. The molecule has 1 fully saturated rings. The van der Waals surface area contributed by atoms with Crippen LogP contribution in [0.4, 0.5) is 0 Å². The van der Waals surface area contributed by atoms with Crippen LogP contribution in [-0.4, -0.2) is 16.2 Å². The molecule has 2 rings (SSSR count). The fourth-order valence-corrected chi connectivity index (χ4v) is 1.81. The predicted octanol–water partition coefficient (Wildman–Crippen LogP) is 1.94. The van der Waals surface area contributed by atoms with E-state index in [0.717, 1.165) is 18.7 Å². The highest BCUT2D eigenvalue weighted by atomic mass is 16.5. The molecule has 0 spiro atoms. The Morgan fingerprint density at radius 2 is 2.12 bits per heavy atom. The molecule has 1 aromatic rings. The Balaban J connectivity index is 1.91. The summed E-state index contributed by atoms with van der Waals surface area (Å²) in [6.45, 7) is 6.50. The molecule has 2 N–H and O–H groups in total. The van der Waals surface area contributed by atoms with Crippen LogP contribution >= 0.6 is 0 Å². The molecule has 0 aliphatic heterocycles. The molecule has 0 amide bonds. The highest BCUT2D eigenvalue weighted by molar-refractivity contribution is 4.95. The van der Waals surface area contributed by atoms with Gasteiger partial charge in [-0.25, -0.2) is 0 Å². The van der Waals surface area contributed by atoms with Gasteiger partial charge in [-0.2, -0.15) is 4.98 Å². The summed E-state index contributed by atoms with van der Waals surface area (Å²) in [6, 6.07) is 0.197. The summed E-state index contributed by atoms with van der Waals surface area (Å²) in [4.78, 5) is 4.39. The van der Waals surface area contributed by atoms with Crippen molar-refractivity contribution in [1.29, 1.82) is 0 Å². The van der Waals surface area contributed by atoms with E-state index in [1.54, 1.807) is 0 Å². The third-order valence-corrected chi connectivity index (χ3v) is 2.84. The summed E-state index contributed by atoms with van der Waals surface area (Å²) in [5.41, 5.74) is 6.21. The number of aromatic nitrogens is 2. The summed E-state index contributed by atoms with van der Waals surface area (Å²) in [5, 5.41) is 3.99. The second-order valence-electron chi connectivity index (χ2n) is 6.05. The van der Waals surface area contributed by atoms with Crippen molar-refractivity contribution in [1.82, 2.24) is 10.1 Å². The summed E-state index contributed by atoms with van der Waals surface area (Å²) < 4.78 is 5.22. The molecule has 1 aromatic heterocycles. The number of nitrogens with two attached hydrogens (primary N) is 1. The monoisotopic (exact) mass is 223 g/mol. The molecular formula is C12H21N3O. The third-order valence-electron chi connectivity index (χ3n) is 2.84. The minimum Gasteiger partial charge on any atom is -0.339 e. The molecule has 16 heavy (non-hydrogen) atoms. The van der Waals surface area contributed by atoms with Crippen LogP contribution in [0.1, 0.15) is 45.3 Å². The Bertz CT molecular complexity index is 349. The van der Waals surface area contributed by atoms with Crippen LogP contribution in [0, 0.1) is 11.3 Å². The molecule has 0 radical (unpaired) electrons. The molecule has 1 aliphatic rings. The Kier molecular flexibility index (Phi) is 3.02. The van der Waals surface area contributed by atoms with Gasteiger partial charge in [0.25, 0.3) is 0 Å². The largest absolute Gasteiger partial charge is 0.339 e. The number of hydrogen-bond donors (Lipinski definition) is 1. The average molecular weight is 223 g/mol. The molecule has 0 aromatic carbocycles. The topological polar surface area (TPSA) is 64.9 Å². The standard InChI is InChI=1S/C12H21N3O/c1-12(2,3)7-10-14-11(16-15-10)6-9(13)8-4-5-8/h8-9H,4-7,13H2,1-3H3. The van der Waals surface area contributed by atoms with Gasteiger partial charge in [0.1, 0.15) is 0 Å². The highest BCUT2D eigenvalue weighted by Gasteiger charge is 2.29. The maximum atomic E-state index is 6.02. The van der Waals surface area contributed by atoms with Crippen molar-refractivity contribution in [2.75, 3.05) is 0 Å². The quantitative estimate of drug-likeness (QED) is 0.847. The van der Waals surface area contributed by atoms with Crippen molar-refractivity contribution in [3.05, 3.63) is 11.7 Å². The maximum absolute atomic E-state index is 6.02. The fourth-order valence-electron chi connectivity index (χ4n) is 1.81. The maximum Gasteiger partial charge on any atom is 0.228 e. The molecule has 4 heteroatoms. The van der Waals surface area contributed by atoms with Crippen LogP contribution in [0.3, 0.4) is 0 Å². The molecule has 1 heterocycles. The zero-order chi connectivity index (χ0) is 11.8. The molecule has 1 saturated carbocycles. The average Bonchev–Trinajstić information content (AvgIpc) is 2.89. The first-order valence-electron chi connectivity index (χ1n) is 6.01. The fraction of sp³-hybridized carbons (Fsp3) is 0.833. The van der Waals surface area contributed by atoms with E-state index in [2.05, 4.69) is 30.9 Å². The number of hydrogen-bond acceptors (Lipinski definition) is 4.